The molecule has 1 aromatic carbocycles. The van der Waals surface area contributed by atoms with Crippen LogP contribution in [0.15, 0.2) is 30.9 Å². The van der Waals surface area contributed by atoms with Crippen molar-refractivity contribution < 1.29 is 4.74 Å². The van der Waals surface area contributed by atoms with Gasteiger partial charge in [-0.05, 0) is 37.0 Å². The highest BCUT2D eigenvalue weighted by Crippen LogP contribution is 2.25. The van der Waals surface area contributed by atoms with Crippen LogP contribution in [0.1, 0.15) is 12.8 Å². The number of halogens is 1. The minimum Gasteiger partial charge on any atom is -0.383 e. The average Bonchev–Trinajstić information content (AvgIpc) is 3.00. The molecule has 0 aliphatic carbocycles. The van der Waals surface area contributed by atoms with E-state index in [9.17, 15) is 0 Å². The molecule has 1 fully saturated rings. The van der Waals surface area contributed by atoms with Crippen LogP contribution in [0, 0.1) is 5.92 Å². The van der Waals surface area contributed by atoms with Gasteiger partial charge < -0.3 is 10.1 Å². The van der Waals surface area contributed by atoms with E-state index in [1.54, 1.807) is 11.0 Å². The predicted octanol–water partition coefficient (Wildman–Crippen LogP) is 2.76. The summed E-state index contributed by atoms with van der Waals surface area (Å²) in [7, 11) is 0. The summed E-state index contributed by atoms with van der Waals surface area (Å²) in [5.41, 5.74) is 1.91. The largest absolute Gasteiger partial charge is 0.383 e. The molecule has 0 radical (unpaired) electrons. The topological polar surface area (TPSA) is 52.0 Å². The van der Waals surface area contributed by atoms with Crippen molar-refractivity contribution in [2.45, 2.75) is 12.8 Å². The minimum absolute atomic E-state index is 0.548. The fraction of sp³-hybridized carbons (Fsp3) is 0.429. The van der Waals surface area contributed by atoms with Crippen molar-refractivity contribution in [1.29, 1.82) is 0 Å². The SMILES string of the molecule is Clc1ccc(-n2cncn2)c(NCC2CCCOC2)c1. The summed E-state index contributed by atoms with van der Waals surface area (Å²) in [5.74, 6) is 0.548. The van der Waals surface area contributed by atoms with Gasteiger partial charge in [0.2, 0.25) is 0 Å². The third kappa shape index (κ3) is 3.11. The van der Waals surface area contributed by atoms with E-state index in [1.165, 1.54) is 12.7 Å². The molecule has 6 heteroatoms. The summed E-state index contributed by atoms with van der Waals surface area (Å²) in [4.78, 5) is 3.98. The summed E-state index contributed by atoms with van der Waals surface area (Å²) >= 11 is 6.09. The van der Waals surface area contributed by atoms with Crippen molar-refractivity contribution >= 4 is 17.3 Å². The lowest BCUT2D eigenvalue weighted by Gasteiger charge is -2.23. The van der Waals surface area contributed by atoms with Crippen LogP contribution in [0.4, 0.5) is 5.69 Å². The Morgan fingerprint density at radius 3 is 3.15 bits per heavy atom. The molecule has 1 aliphatic heterocycles. The summed E-state index contributed by atoms with van der Waals surface area (Å²) in [6.07, 6.45) is 5.54. The van der Waals surface area contributed by atoms with Gasteiger partial charge in [0.25, 0.3) is 0 Å². The molecule has 20 heavy (non-hydrogen) atoms. The van der Waals surface area contributed by atoms with Crippen LogP contribution in [0.2, 0.25) is 5.02 Å². The van der Waals surface area contributed by atoms with E-state index in [4.69, 9.17) is 16.3 Å². The second kappa shape index (κ2) is 6.24. The van der Waals surface area contributed by atoms with E-state index in [0.717, 1.165) is 37.6 Å². The van der Waals surface area contributed by atoms with Crippen molar-refractivity contribution in [3.63, 3.8) is 0 Å². The van der Waals surface area contributed by atoms with E-state index < -0.39 is 0 Å². The van der Waals surface area contributed by atoms with Gasteiger partial charge in [-0.25, -0.2) is 9.67 Å². The third-order valence-corrected chi connectivity index (χ3v) is 3.70. The quantitative estimate of drug-likeness (QED) is 0.941. The molecule has 0 spiro atoms. The molecular formula is C14H17ClN4O. The molecule has 0 bridgehead atoms. The number of anilines is 1. The van der Waals surface area contributed by atoms with Crippen LogP contribution >= 0.6 is 11.6 Å². The molecular weight excluding hydrogens is 276 g/mol. The lowest BCUT2D eigenvalue weighted by molar-refractivity contribution is 0.0595. The van der Waals surface area contributed by atoms with Crippen LogP contribution in [-0.4, -0.2) is 34.5 Å². The lowest BCUT2D eigenvalue weighted by atomic mass is 10.0. The smallest absolute Gasteiger partial charge is 0.138 e. The number of nitrogens with one attached hydrogen (secondary N) is 1. The fourth-order valence-corrected chi connectivity index (χ4v) is 2.58. The number of benzene rings is 1. The molecule has 1 aliphatic rings. The molecule has 2 heterocycles. The summed E-state index contributed by atoms with van der Waals surface area (Å²) < 4.78 is 7.24. The minimum atomic E-state index is 0.548. The van der Waals surface area contributed by atoms with Crippen LogP contribution in [0.3, 0.4) is 0 Å². The van der Waals surface area contributed by atoms with Gasteiger partial charge in [-0.15, -0.1) is 0 Å². The van der Waals surface area contributed by atoms with Gasteiger partial charge in [0.15, 0.2) is 0 Å². The van der Waals surface area contributed by atoms with Crippen LogP contribution in [0.5, 0.6) is 0 Å². The van der Waals surface area contributed by atoms with Gasteiger partial charge in [0.1, 0.15) is 12.7 Å². The Labute approximate surface area is 122 Å². The van der Waals surface area contributed by atoms with Crippen molar-refractivity contribution in [3.8, 4) is 5.69 Å². The van der Waals surface area contributed by atoms with E-state index in [2.05, 4.69) is 15.4 Å². The summed E-state index contributed by atoms with van der Waals surface area (Å²) in [5, 5.41) is 8.33. The second-order valence-electron chi connectivity index (χ2n) is 4.97. The number of rotatable bonds is 4. The number of hydrogen-bond acceptors (Lipinski definition) is 4. The Morgan fingerprint density at radius 1 is 1.45 bits per heavy atom. The van der Waals surface area contributed by atoms with Gasteiger partial charge in [-0.3, -0.25) is 0 Å². The molecule has 2 aromatic rings. The van der Waals surface area contributed by atoms with Crippen molar-refractivity contribution in [3.05, 3.63) is 35.9 Å². The van der Waals surface area contributed by atoms with E-state index in [0.29, 0.717) is 10.9 Å². The summed E-state index contributed by atoms with van der Waals surface area (Å²) in [6, 6.07) is 5.71. The molecule has 0 amide bonds. The molecule has 3 rings (SSSR count). The van der Waals surface area contributed by atoms with Crippen molar-refractivity contribution in [1.82, 2.24) is 14.8 Å². The first-order valence-electron chi connectivity index (χ1n) is 6.79. The van der Waals surface area contributed by atoms with Crippen LogP contribution < -0.4 is 5.32 Å². The number of nitrogens with zero attached hydrogens (tertiary/aromatic N) is 3. The molecule has 1 N–H and O–H groups in total. The molecule has 1 aromatic heterocycles. The number of aromatic nitrogens is 3. The van der Waals surface area contributed by atoms with Gasteiger partial charge in [0, 0.05) is 18.2 Å². The Balaban J connectivity index is 1.75. The predicted molar refractivity (Wildman–Crippen MR) is 78.4 cm³/mol. The molecule has 106 valence electrons. The second-order valence-corrected chi connectivity index (χ2v) is 5.40. The monoisotopic (exact) mass is 292 g/mol. The highest BCUT2D eigenvalue weighted by molar-refractivity contribution is 6.31. The fourth-order valence-electron chi connectivity index (χ4n) is 2.40. The highest BCUT2D eigenvalue weighted by atomic mass is 35.5. The molecule has 0 saturated carbocycles. The standard InChI is InChI=1S/C14H17ClN4O/c15-12-3-4-14(19-10-16-9-18-19)13(6-12)17-7-11-2-1-5-20-8-11/h3-4,6,9-11,17H,1-2,5,7-8H2. The van der Waals surface area contributed by atoms with E-state index in [1.807, 2.05) is 18.2 Å². The maximum absolute atomic E-state index is 6.09. The molecule has 1 saturated heterocycles. The summed E-state index contributed by atoms with van der Waals surface area (Å²) in [6.45, 7) is 2.59. The Morgan fingerprint density at radius 2 is 2.40 bits per heavy atom. The maximum atomic E-state index is 6.09. The van der Waals surface area contributed by atoms with Crippen LogP contribution in [-0.2, 0) is 4.74 Å². The highest BCUT2D eigenvalue weighted by Gasteiger charge is 2.14. The molecule has 5 nitrogen and oxygen atoms in total. The maximum Gasteiger partial charge on any atom is 0.138 e. The lowest BCUT2D eigenvalue weighted by Crippen LogP contribution is -2.24. The zero-order valence-electron chi connectivity index (χ0n) is 11.1. The number of hydrogen-bond donors (Lipinski definition) is 1. The normalized spacial score (nSPS) is 18.9. The van der Waals surface area contributed by atoms with E-state index >= 15 is 0 Å². The van der Waals surface area contributed by atoms with Gasteiger partial charge in [-0.2, -0.15) is 5.10 Å². The van der Waals surface area contributed by atoms with Crippen molar-refractivity contribution in [2.24, 2.45) is 5.92 Å². The first kappa shape index (κ1) is 13.4. The Kier molecular flexibility index (Phi) is 4.18. The first-order chi connectivity index (χ1) is 9.83. The van der Waals surface area contributed by atoms with Crippen molar-refractivity contribution in [2.75, 3.05) is 25.1 Å². The molecule has 1 atom stereocenters. The number of ether oxygens (including phenoxy) is 1. The third-order valence-electron chi connectivity index (χ3n) is 3.46. The van der Waals surface area contributed by atoms with Crippen LogP contribution in [0.25, 0.3) is 5.69 Å². The Hall–Kier alpha value is -1.59. The van der Waals surface area contributed by atoms with E-state index in [-0.39, 0.29) is 0 Å². The average molecular weight is 293 g/mol. The van der Waals surface area contributed by atoms with Gasteiger partial charge in [0.05, 0.1) is 18.0 Å². The first-order valence-corrected chi connectivity index (χ1v) is 7.17. The zero-order valence-corrected chi connectivity index (χ0v) is 11.9. The molecule has 1 unspecified atom stereocenters. The Bertz CT molecular complexity index is 552. The van der Waals surface area contributed by atoms with Gasteiger partial charge in [-0.1, -0.05) is 11.6 Å². The van der Waals surface area contributed by atoms with Gasteiger partial charge >= 0.3 is 0 Å². The zero-order chi connectivity index (χ0) is 13.8.